The van der Waals surface area contributed by atoms with E-state index in [0.29, 0.717) is 0 Å². The number of furan rings is 1. The van der Waals surface area contributed by atoms with Gasteiger partial charge >= 0.3 is 6.71 Å². The van der Waals surface area contributed by atoms with Gasteiger partial charge in [-0.3, -0.25) is 0 Å². The molecule has 12 aromatic rings. The predicted octanol–water partition coefficient (Wildman–Crippen LogP) is 17.8. The van der Waals surface area contributed by atoms with Gasteiger partial charge in [-0.25, -0.2) is 0 Å². The molecule has 7 heterocycles. The van der Waals surface area contributed by atoms with Crippen molar-refractivity contribution in [3.8, 4) is 23.0 Å². The Morgan fingerprint density at radius 1 is 0.319 bits per heavy atom. The summed E-state index contributed by atoms with van der Waals surface area (Å²) in [5.41, 5.74) is 27.9. The first-order valence-corrected chi connectivity index (χ1v) is 32.4. The molecule has 1 aliphatic carbocycles. The van der Waals surface area contributed by atoms with Crippen molar-refractivity contribution in [3.05, 3.63) is 264 Å². The fraction of sp³-hybridized carbons (Fsp3) is 0.171. The van der Waals surface area contributed by atoms with Crippen LogP contribution in [0.5, 0.6) is 23.0 Å². The number of hydrogen-bond acceptors (Lipinski definition) is 7. The second kappa shape index (κ2) is 18.3. The third-order valence-corrected chi connectivity index (χ3v) is 21.9. The van der Waals surface area contributed by atoms with E-state index in [-0.39, 0.29) is 35.1 Å². The first-order chi connectivity index (χ1) is 44.1. The monoisotopic (exact) mass is 1180 g/mol. The zero-order valence-electron chi connectivity index (χ0n) is 52.5. The van der Waals surface area contributed by atoms with Crippen molar-refractivity contribution in [3.63, 3.8) is 0 Å². The fourth-order valence-electron chi connectivity index (χ4n) is 17.3. The van der Waals surface area contributed by atoms with E-state index >= 15 is 0 Å². The Labute approximate surface area is 532 Å². The van der Waals surface area contributed by atoms with Gasteiger partial charge in [0.2, 0.25) is 0 Å². The summed E-state index contributed by atoms with van der Waals surface area (Å²) in [5, 5.41) is 1.07. The van der Waals surface area contributed by atoms with E-state index in [1.165, 1.54) is 38.8 Å². The minimum Gasteiger partial charge on any atom is -0.468 e. The number of benzene rings is 11. The second-order valence-electron chi connectivity index (χ2n) is 28.6. The first-order valence-electron chi connectivity index (χ1n) is 32.4. The number of nitrogens with zero attached hydrogens (tertiary/aromatic N) is 4. The molecule has 0 atom stereocenters. The lowest BCUT2D eigenvalue weighted by Crippen LogP contribution is -2.63. The molecule has 0 radical (unpaired) electrons. The van der Waals surface area contributed by atoms with Crippen LogP contribution in [0, 0.1) is 0 Å². The normalized spacial score (nSPS) is 17.1. The van der Waals surface area contributed by atoms with Gasteiger partial charge in [0.1, 0.15) is 28.6 Å². The maximum absolute atomic E-state index is 7.73. The van der Waals surface area contributed by atoms with Crippen LogP contribution in [-0.4, -0.2) is 13.4 Å². The molecule has 9 heteroatoms. The third-order valence-electron chi connectivity index (χ3n) is 21.9. The van der Waals surface area contributed by atoms with E-state index in [2.05, 4.69) is 306 Å². The Morgan fingerprint density at radius 2 is 0.780 bits per heavy atom. The van der Waals surface area contributed by atoms with Crippen LogP contribution in [0.2, 0.25) is 0 Å². The molecule has 91 heavy (non-hydrogen) atoms. The summed E-state index contributed by atoms with van der Waals surface area (Å²) >= 11 is 0. The highest BCUT2D eigenvalue weighted by atomic mass is 16.5. The second-order valence-corrected chi connectivity index (χ2v) is 28.6. The van der Waals surface area contributed by atoms with E-state index in [1.807, 2.05) is 0 Å². The number of ether oxygens (including phenoxy) is 2. The molecule has 0 unspecified atom stereocenters. The standard InChI is InChI=1S/C82H66B2N4O3/c1-79(2)40-41-80(3,4)59-42-50(38-39-54(59)79)88-69-44-52(87-65-34-20-15-29-57(65)82(7,8)58-30-16-21-35-66(58)87)46-74-76(69)84(78-77(88)53-26-12-23-37-70(53)91-78)62-47-61-71(48-72(62)90-74)89-73-45-51(86-63-32-18-13-27-55(63)81(5,6)56-28-14-19-33-64(56)86)43-68-75(73)83(61)60-31-17-22-36-67(60)85(68)49-24-10-9-11-25-49/h9-39,42-48H,40-41H2,1-8H3. The lowest BCUT2D eigenvalue weighted by atomic mass is 9.32. The Balaban J connectivity index is 0.865. The molecule has 0 spiro atoms. The highest BCUT2D eigenvalue weighted by Gasteiger charge is 2.51. The first kappa shape index (κ1) is 52.8. The summed E-state index contributed by atoms with van der Waals surface area (Å²) < 4.78 is 22.9. The molecule has 7 aliphatic rings. The van der Waals surface area contributed by atoms with Gasteiger partial charge in [-0.15, -0.1) is 0 Å². The Morgan fingerprint density at radius 3 is 1.36 bits per heavy atom. The Hall–Kier alpha value is -10.1. The number of hydrogen-bond donors (Lipinski definition) is 0. The molecule has 6 aliphatic heterocycles. The lowest BCUT2D eigenvalue weighted by Gasteiger charge is -2.45. The van der Waals surface area contributed by atoms with Crippen molar-refractivity contribution in [2.75, 3.05) is 19.6 Å². The molecular weight excluding hydrogens is 1110 g/mol. The Kier molecular flexibility index (Phi) is 10.6. The van der Waals surface area contributed by atoms with Gasteiger partial charge in [-0.1, -0.05) is 189 Å². The van der Waals surface area contributed by atoms with Crippen molar-refractivity contribution in [2.45, 2.75) is 89.9 Å². The summed E-state index contributed by atoms with van der Waals surface area (Å²) in [6, 6.07) is 85.5. The quantitative estimate of drug-likeness (QED) is 0.163. The van der Waals surface area contributed by atoms with Crippen LogP contribution in [0.25, 0.3) is 11.0 Å². The van der Waals surface area contributed by atoms with E-state index in [4.69, 9.17) is 13.9 Å². The SMILES string of the molecule is CC1(C)CCC(C)(C)c2cc(N3c4cc(N5c6ccccc6C(C)(C)c6ccccc65)cc5c4B(c4cc6c(cc4O5)Oc4cc(N5c7ccccc7C(C)(C)c7ccccc75)cc5c4B6c4ccccc4N5c4ccccc4)c4oc5ccccc5c43)ccc21. The van der Waals surface area contributed by atoms with Gasteiger partial charge < -0.3 is 33.5 Å². The largest absolute Gasteiger partial charge is 0.468 e. The summed E-state index contributed by atoms with van der Waals surface area (Å²) in [7, 11) is 0. The molecular formula is C82H66B2N4O3. The summed E-state index contributed by atoms with van der Waals surface area (Å²) in [6.45, 7) is 18.5. The van der Waals surface area contributed by atoms with Crippen LogP contribution in [0.3, 0.4) is 0 Å². The average Bonchev–Trinajstić information content (AvgIpc) is 1.37. The van der Waals surface area contributed by atoms with Gasteiger partial charge in [0.15, 0.2) is 0 Å². The van der Waals surface area contributed by atoms with E-state index in [1.54, 1.807) is 0 Å². The minimum absolute atomic E-state index is 0.0312. The molecule has 7 nitrogen and oxygen atoms in total. The summed E-state index contributed by atoms with van der Waals surface area (Å²) in [5.74, 6) is 3.11. The summed E-state index contributed by atoms with van der Waals surface area (Å²) in [4.78, 5) is 9.90. The van der Waals surface area contributed by atoms with Crippen LogP contribution in [0.1, 0.15) is 102 Å². The van der Waals surface area contributed by atoms with Gasteiger partial charge in [0.05, 0.1) is 45.5 Å². The molecule has 0 amide bonds. The van der Waals surface area contributed by atoms with Crippen LogP contribution in [-0.2, 0) is 21.7 Å². The van der Waals surface area contributed by atoms with E-state index in [0.717, 1.165) is 143 Å². The van der Waals surface area contributed by atoms with Crippen LogP contribution in [0.15, 0.2) is 235 Å². The third kappa shape index (κ3) is 7.18. The molecule has 1 aromatic heterocycles. The maximum atomic E-state index is 7.73. The fourth-order valence-corrected chi connectivity index (χ4v) is 17.3. The molecule has 11 aromatic carbocycles. The number of rotatable bonds is 4. The number of anilines is 12. The van der Waals surface area contributed by atoms with Crippen molar-refractivity contribution in [2.24, 2.45) is 0 Å². The maximum Gasteiger partial charge on any atom is 0.301 e. The lowest BCUT2D eigenvalue weighted by molar-refractivity contribution is 0.332. The van der Waals surface area contributed by atoms with E-state index < -0.39 is 0 Å². The highest BCUT2D eigenvalue weighted by Crippen LogP contribution is 2.58. The molecule has 0 saturated heterocycles. The highest BCUT2D eigenvalue weighted by molar-refractivity contribution is 7.01. The van der Waals surface area contributed by atoms with Gasteiger partial charge in [-0.05, 0) is 158 Å². The topological polar surface area (TPSA) is 44.6 Å². The molecule has 438 valence electrons. The molecule has 0 bridgehead atoms. The minimum atomic E-state index is -0.356. The number of fused-ring (bicyclic) bond motifs is 15. The van der Waals surface area contributed by atoms with Crippen LogP contribution in [0.4, 0.5) is 68.2 Å². The molecule has 0 fully saturated rings. The van der Waals surface area contributed by atoms with Gasteiger partial charge in [0, 0.05) is 68.3 Å². The van der Waals surface area contributed by atoms with Crippen LogP contribution < -0.4 is 62.0 Å². The number of para-hydroxylation sites is 7. The average molecular weight is 1180 g/mol. The van der Waals surface area contributed by atoms with Crippen molar-refractivity contribution < 1.29 is 13.9 Å². The Bertz CT molecular complexity index is 5060. The van der Waals surface area contributed by atoms with E-state index in [9.17, 15) is 0 Å². The molecule has 0 N–H and O–H groups in total. The summed E-state index contributed by atoms with van der Waals surface area (Å²) in [6.07, 6.45) is 2.24. The zero-order chi connectivity index (χ0) is 61.2. The van der Waals surface area contributed by atoms with Crippen molar-refractivity contribution in [1.82, 2.24) is 0 Å². The van der Waals surface area contributed by atoms with Crippen molar-refractivity contribution >= 4 is 126 Å². The molecule has 19 rings (SSSR count). The van der Waals surface area contributed by atoms with Crippen LogP contribution >= 0.6 is 0 Å². The van der Waals surface area contributed by atoms with Gasteiger partial charge in [-0.2, -0.15) is 0 Å². The smallest absolute Gasteiger partial charge is 0.301 e. The zero-order valence-corrected chi connectivity index (χ0v) is 52.5. The predicted molar refractivity (Wildman–Crippen MR) is 377 cm³/mol. The molecule has 0 saturated carbocycles. The van der Waals surface area contributed by atoms with Crippen molar-refractivity contribution in [1.29, 1.82) is 0 Å². The van der Waals surface area contributed by atoms with Gasteiger partial charge in [0.25, 0.3) is 6.71 Å².